The average molecular weight is 360 g/mol. The summed E-state index contributed by atoms with van der Waals surface area (Å²) in [6.45, 7) is 3.46. The van der Waals surface area contributed by atoms with E-state index in [0.717, 1.165) is 24.8 Å². The third-order valence-corrected chi connectivity index (χ3v) is 8.20. The summed E-state index contributed by atoms with van der Waals surface area (Å²) in [5.41, 5.74) is -1.53. The van der Waals surface area contributed by atoms with Gasteiger partial charge in [-0.2, -0.15) is 0 Å². The van der Waals surface area contributed by atoms with Gasteiger partial charge in [-0.3, -0.25) is 9.59 Å². The molecule has 0 amide bonds. The first-order chi connectivity index (χ1) is 12.2. The molecule has 0 saturated heterocycles. The number of carbonyl (C=O) groups is 2. The second-order valence-corrected chi connectivity index (χ2v) is 9.20. The first-order valence-corrected chi connectivity index (χ1v) is 9.65. The minimum atomic E-state index is -1.43. The van der Waals surface area contributed by atoms with Crippen molar-refractivity contribution in [1.29, 1.82) is 0 Å². The maximum absolute atomic E-state index is 13.3. The number of fused-ring (bicyclic) bond motifs is 5. The molecular weight excluding hydrogens is 332 g/mol. The largest absolute Gasteiger partial charge is 0.394 e. The summed E-state index contributed by atoms with van der Waals surface area (Å²) in [6.07, 6.45) is 6.91. The van der Waals surface area contributed by atoms with Gasteiger partial charge in [0.25, 0.3) is 0 Å². The van der Waals surface area contributed by atoms with Crippen LogP contribution in [0.3, 0.4) is 0 Å². The summed E-state index contributed by atoms with van der Waals surface area (Å²) in [6, 6.07) is 0. The third-order valence-electron chi connectivity index (χ3n) is 8.20. The molecular formula is C21H28O5. The van der Waals surface area contributed by atoms with Crippen LogP contribution >= 0.6 is 0 Å². The van der Waals surface area contributed by atoms with Gasteiger partial charge in [-0.1, -0.05) is 25.5 Å². The molecule has 3 fully saturated rings. The van der Waals surface area contributed by atoms with Crippen molar-refractivity contribution in [3.05, 3.63) is 23.8 Å². The third kappa shape index (κ3) is 2.08. The lowest BCUT2D eigenvalue weighted by Crippen LogP contribution is -2.61. The van der Waals surface area contributed by atoms with Crippen molar-refractivity contribution < 1.29 is 24.9 Å². The van der Waals surface area contributed by atoms with E-state index in [9.17, 15) is 24.9 Å². The molecule has 4 aliphatic rings. The number of rotatable bonds is 2. The Bertz CT molecular complexity index is 724. The van der Waals surface area contributed by atoms with E-state index >= 15 is 0 Å². The van der Waals surface area contributed by atoms with Gasteiger partial charge in [0.15, 0.2) is 5.78 Å². The van der Waals surface area contributed by atoms with Gasteiger partial charge >= 0.3 is 0 Å². The maximum atomic E-state index is 13.3. The normalized spacial score (nSPS) is 48.5. The molecule has 0 spiro atoms. The zero-order valence-corrected chi connectivity index (χ0v) is 15.4. The molecule has 26 heavy (non-hydrogen) atoms. The molecule has 3 N–H and O–H groups in total. The molecule has 0 unspecified atom stereocenters. The van der Waals surface area contributed by atoms with Gasteiger partial charge in [0.1, 0.15) is 11.9 Å². The van der Waals surface area contributed by atoms with Gasteiger partial charge < -0.3 is 15.3 Å². The second-order valence-electron chi connectivity index (χ2n) is 9.20. The smallest absolute Gasteiger partial charge is 0.178 e. The van der Waals surface area contributed by atoms with Crippen LogP contribution in [0, 0.1) is 28.6 Å². The van der Waals surface area contributed by atoms with Crippen LogP contribution in [0.25, 0.3) is 0 Å². The fraction of sp³-hybridized carbons (Fsp3) is 0.714. The van der Waals surface area contributed by atoms with Crippen molar-refractivity contribution in [2.24, 2.45) is 28.6 Å². The fourth-order valence-corrected chi connectivity index (χ4v) is 6.76. The molecule has 142 valence electrons. The van der Waals surface area contributed by atoms with E-state index in [1.165, 1.54) is 0 Å². The molecule has 0 radical (unpaired) electrons. The Hall–Kier alpha value is -1.30. The summed E-state index contributed by atoms with van der Waals surface area (Å²) in [5.74, 6) is 0.164. The van der Waals surface area contributed by atoms with E-state index in [1.54, 1.807) is 12.2 Å². The molecule has 0 heterocycles. The van der Waals surface area contributed by atoms with E-state index in [4.69, 9.17) is 0 Å². The zero-order valence-electron chi connectivity index (χ0n) is 15.4. The van der Waals surface area contributed by atoms with Crippen LogP contribution in [0.1, 0.15) is 46.0 Å². The maximum Gasteiger partial charge on any atom is 0.178 e. The summed E-state index contributed by atoms with van der Waals surface area (Å²) in [5, 5.41) is 31.0. The predicted octanol–water partition coefficient (Wildman–Crippen LogP) is 1.56. The van der Waals surface area contributed by atoms with Crippen LogP contribution in [0.2, 0.25) is 0 Å². The quantitative estimate of drug-likeness (QED) is 0.695. The Labute approximate surface area is 153 Å². The van der Waals surface area contributed by atoms with Crippen LogP contribution in [-0.4, -0.2) is 45.2 Å². The number of allylic oxidation sites excluding steroid dienone is 4. The number of ketones is 2. The van der Waals surface area contributed by atoms with Crippen molar-refractivity contribution in [2.45, 2.75) is 57.7 Å². The monoisotopic (exact) mass is 360 g/mol. The Morgan fingerprint density at radius 2 is 2.00 bits per heavy atom. The number of hydrogen-bond acceptors (Lipinski definition) is 5. The minimum Gasteiger partial charge on any atom is -0.394 e. The average Bonchev–Trinajstić information content (AvgIpc) is 2.86. The van der Waals surface area contributed by atoms with Gasteiger partial charge in [0.2, 0.25) is 0 Å². The van der Waals surface area contributed by atoms with E-state index in [2.05, 4.69) is 6.92 Å². The molecule has 5 heteroatoms. The second kappa shape index (κ2) is 5.60. The number of aliphatic hydroxyl groups excluding tert-OH is 2. The summed E-state index contributed by atoms with van der Waals surface area (Å²) in [7, 11) is 0. The molecule has 0 aliphatic heterocycles. The molecule has 0 bridgehead atoms. The molecule has 7 atom stereocenters. The van der Waals surface area contributed by atoms with Gasteiger partial charge in [0.05, 0.1) is 12.2 Å². The lowest BCUT2D eigenvalue weighted by atomic mass is 9.46. The van der Waals surface area contributed by atoms with Crippen molar-refractivity contribution in [1.82, 2.24) is 0 Å². The minimum absolute atomic E-state index is 0.00895. The van der Waals surface area contributed by atoms with E-state index in [-0.39, 0.29) is 35.7 Å². The van der Waals surface area contributed by atoms with E-state index in [1.807, 2.05) is 13.0 Å². The summed E-state index contributed by atoms with van der Waals surface area (Å²) < 4.78 is 0. The predicted molar refractivity (Wildman–Crippen MR) is 95.0 cm³/mol. The highest BCUT2D eigenvalue weighted by molar-refractivity contribution is 6.01. The van der Waals surface area contributed by atoms with Gasteiger partial charge in [-0.15, -0.1) is 0 Å². The molecule has 0 aromatic heterocycles. The zero-order chi connectivity index (χ0) is 18.9. The van der Waals surface area contributed by atoms with Crippen molar-refractivity contribution >= 4 is 11.6 Å². The molecule has 0 aromatic carbocycles. The first-order valence-electron chi connectivity index (χ1n) is 9.65. The molecule has 4 rings (SSSR count). The van der Waals surface area contributed by atoms with E-state index in [0.29, 0.717) is 6.42 Å². The molecule has 4 aliphatic carbocycles. The number of carbonyl (C=O) groups excluding carboxylic acids is 2. The van der Waals surface area contributed by atoms with Crippen LogP contribution in [0.5, 0.6) is 0 Å². The van der Waals surface area contributed by atoms with Crippen molar-refractivity contribution in [3.8, 4) is 0 Å². The first kappa shape index (κ1) is 18.1. The van der Waals surface area contributed by atoms with Gasteiger partial charge in [0, 0.05) is 23.2 Å². The highest BCUT2D eigenvalue weighted by atomic mass is 16.4. The van der Waals surface area contributed by atoms with Crippen molar-refractivity contribution in [3.63, 3.8) is 0 Å². The highest BCUT2D eigenvalue weighted by Gasteiger charge is 2.67. The number of hydrogen-bond donors (Lipinski definition) is 3. The summed E-state index contributed by atoms with van der Waals surface area (Å²) >= 11 is 0. The highest BCUT2D eigenvalue weighted by Crippen LogP contribution is 2.66. The molecule has 0 aromatic rings. The Kier molecular flexibility index (Phi) is 3.89. The standard InChI is InChI=1S/C21H28O5/c1-19-7-5-13(23)9-12(19)3-4-14-15-6-8-21(26,17(25)11-22)20(15,2)10-16(24)18(14)19/h5,7,9,14-15,17-18,22,25-26H,3-4,6,8,10-11H2,1-2H3/t14-,15+,17+,18+,19+,20+,21+/m1/s1. The topological polar surface area (TPSA) is 94.8 Å². The molecule has 3 saturated carbocycles. The van der Waals surface area contributed by atoms with Crippen LogP contribution < -0.4 is 0 Å². The van der Waals surface area contributed by atoms with Gasteiger partial charge in [-0.05, 0) is 49.7 Å². The number of Topliss-reactive ketones (excluding diaryl/α,β-unsaturated/α-hetero) is 1. The lowest BCUT2D eigenvalue weighted by molar-refractivity contribution is -0.186. The SMILES string of the molecule is C[C@]12C=CC(=O)C=C1CC[C@H]1[C@H]2C(=O)C[C@@]2(C)[C@H]1CC[C@]2(O)[C@@H](O)CO. The van der Waals surface area contributed by atoms with Crippen LogP contribution in [0.15, 0.2) is 23.8 Å². The van der Waals surface area contributed by atoms with Crippen LogP contribution in [-0.2, 0) is 9.59 Å². The van der Waals surface area contributed by atoms with E-state index < -0.39 is 29.1 Å². The fourth-order valence-electron chi connectivity index (χ4n) is 6.76. The van der Waals surface area contributed by atoms with Gasteiger partial charge in [-0.25, -0.2) is 0 Å². The van der Waals surface area contributed by atoms with Crippen molar-refractivity contribution in [2.75, 3.05) is 6.61 Å². The lowest BCUT2D eigenvalue weighted by Gasteiger charge is -2.57. The summed E-state index contributed by atoms with van der Waals surface area (Å²) in [4.78, 5) is 25.1. The van der Waals surface area contributed by atoms with Crippen LogP contribution in [0.4, 0.5) is 0 Å². The Morgan fingerprint density at radius 1 is 1.27 bits per heavy atom. The number of aliphatic hydroxyl groups is 3. The Morgan fingerprint density at radius 3 is 2.69 bits per heavy atom. The Balaban J connectivity index is 1.75. The molecule has 5 nitrogen and oxygen atoms in total.